The highest BCUT2D eigenvalue weighted by atomic mass is 79.9. The van der Waals surface area contributed by atoms with Gasteiger partial charge in [0.05, 0.1) is 20.8 Å². The van der Waals surface area contributed by atoms with Gasteiger partial charge in [-0.2, -0.15) is 0 Å². The summed E-state index contributed by atoms with van der Waals surface area (Å²) in [4.78, 5) is 51.4. The third-order valence-electron chi connectivity index (χ3n) is 5.60. The predicted octanol–water partition coefficient (Wildman–Crippen LogP) is 4.82. The van der Waals surface area contributed by atoms with Gasteiger partial charge in [0.1, 0.15) is 17.1 Å². The number of hydrogen-bond donors (Lipinski definition) is 0. The molecule has 0 bridgehead atoms. The largest absolute Gasteiger partial charge is 0.459 e. The zero-order valence-electron chi connectivity index (χ0n) is 17.4. The lowest BCUT2D eigenvalue weighted by Crippen LogP contribution is -2.24. The number of rotatable bonds is 3. The molecule has 0 amide bonds. The molecule has 31 heavy (non-hydrogen) atoms. The second kappa shape index (κ2) is 7.27. The van der Waals surface area contributed by atoms with Crippen LogP contribution in [-0.2, 0) is 9.12 Å². The van der Waals surface area contributed by atoms with E-state index in [1.807, 2.05) is 13.8 Å². The van der Waals surface area contributed by atoms with E-state index in [1.54, 1.807) is 19.1 Å². The summed E-state index contributed by atoms with van der Waals surface area (Å²) in [5, 5.41) is 0.247. The lowest BCUT2D eigenvalue weighted by molar-refractivity contribution is -0.131. The van der Waals surface area contributed by atoms with Gasteiger partial charge in [-0.25, -0.2) is 0 Å². The van der Waals surface area contributed by atoms with Crippen LogP contribution in [0.4, 0.5) is 0 Å². The second-order valence-electron chi connectivity index (χ2n) is 7.78. The highest BCUT2D eigenvalue weighted by molar-refractivity contribution is 9.09. The number of carbonyl (C=O) groups excluding carboxylic acids is 3. The number of hydrogen-bond acceptors (Lipinski definition) is 6. The number of aryl methyl sites for hydroxylation is 1. The minimum Gasteiger partial charge on any atom is -0.459 e. The molecule has 1 heterocycles. The fraction of sp³-hybridized carbons (Fsp3) is 0.250. The van der Waals surface area contributed by atoms with Gasteiger partial charge < -0.3 is 9.15 Å². The van der Waals surface area contributed by atoms with Crippen molar-refractivity contribution in [3.63, 3.8) is 0 Å². The van der Waals surface area contributed by atoms with Gasteiger partial charge in [0.25, 0.3) is 0 Å². The topological polar surface area (TPSA) is 90.7 Å². The van der Waals surface area contributed by atoms with Gasteiger partial charge in [-0.15, -0.1) is 0 Å². The van der Waals surface area contributed by atoms with Gasteiger partial charge >= 0.3 is 5.97 Å². The summed E-state index contributed by atoms with van der Waals surface area (Å²) in [5.41, 5.74) is 0.625. The number of benzene rings is 2. The van der Waals surface area contributed by atoms with E-state index in [1.165, 1.54) is 25.1 Å². The standard InChI is InChI=1S/C24H19BrO6/c1-5-24(4,25)17-10-15(27)18-11(2)9-14-20(23(18)31-17)22(29)19-13(21(14)28)7-6-8-16(19)30-12(3)26/h6-10H,5H2,1-4H3. The first-order chi connectivity index (χ1) is 14.6. The number of carbonyl (C=O) groups is 3. The van der Waals surface area contributed by atoms with Crippen LogP contribution >= 0.6 is 15.9 Å². The molecule has 1 aromatic heterocycles. The Hall–Kier alpha value is -3.06. The Balaban J connectivity index is 2.11. The smallest absolute Gasteiger partial charge is 0.308 e. The van der Waals surface area contributed by atoms with E-state index in [9.17, 15) is 19.2 Å². The SMILES string of the molecule is CCC(C)(Br)c1cc(=O)c2c(C)cc3c(c2o1)C(=O)c1c(OC(C)=O)cccc1C3=O. The third kappa shape index (κ3) is 3.24. The van der Waals surface area contributed by atoms with Crippen LogP contribution in [-0.4, -0.2) is 17.5 Å². The van der Waals surface area contributed by atoms with E-state index in [4.69, 9.17) is 9.15 Å². The molecule has 6 nitrogen and oxygen atoms in total. The minimum atomic E-state index is -0.625. The number of halogens is 1. The molecule has 4 rings (SSSR count). The Morgan fingerprint density at radius 3 is 2.45 bits per heavy atom. The molecule has 0 spiro atoms. The number of alkyl halides is 1. The minimum absolute atomic E-state index is 0.000106. The van der Waals surface area contributed by atoms with Crippen molar-refractivity contribution in [1.82, 2.24) is 0 Å². The van der Waals surface area contributed by atoms with E-state index < -0.39 is 21.9 Å². The average molecular weight is 483 g/mol. The van der Waals surface area contributed by atoms with Crippen molar-refractivity contribution < 1.29 is 23.5 Å². The molecule has 1 atom stereocenters. The molecule has 0 aliphatic heterocycles. The number of esters is 1. The van der Waals surface area contributed by atoms with E-state index in [-0.39, 0.29) is 44.4 Å². The van der Waals surface area contributed by atoms with Crippen LogP contribution in [0.2, 0.25) is 0 Å². The zero-order chi connectivity index (χ0) is 22.7. The number of ketones is 2. The van der Waals surface area contributed by atoms with Crippen LogP contribution in [0.5, 0.6) is 5.75 Å². The van der Waals surface area contributed by atoms with Crippen LogP contribution in [0.1, 0.15) is 70.4 Å². The average Bonchev–Trinajstić information content (AvgIpc) is 2.70. The summed E-state index contributed by atoms with van der Waals surface area (Å²) in [6.45, 7) is 6.71. The van der Waals surface area contributed by atoms with Crippen molar-refractivity contribution in [2.24, 2.45) is 0 Å². The van der Waals surface area contributed by atoms with Crippen molar-refractivity contribution in [3.05, 3.63) is 74.1 Å². The quantitative estimate of drug-likeness (QED) is 0.236. The Labute approximate surface area is 186 Å². The summed E-state index contributed by atoms with van der Waals surface area (Å²) >= 11 is 3.57. The van der Waals surface area contributed by atoms with Crippen molar-refractivity contribution in [2.75, 3.05) is 0 Å². The lowest BCUT2D eigenvalue weighted by Gasteiger charge is -2.23. The van der Waals surface area contributed by atoms with Crippen molar-refractivity contribution >= 4 is 44.4 Å². The van der Waals surface area contributed by atoms with Crippen LogP contribution in [0.25, 0.3) is 11.0 Å². The molecule has 0 fully saturated rings. The molecule has 0 saturated carbocycles. The molecule has 1 aliphatic rings. The first-order valence-electron chi connectivity index (χ1n) is 9.78. The normalized spacial score (nSPS) is 14.7. The molecular weight excluding hydrogens is 464 g/mol. The van der Waals surface area contributed by atoms with Crippen LogP contribution in [0.3, 0.4) is 0 Å². The molecule has 0 saturated heterocycles. The maximum atomic E-state index is 13.6. The third-order valence-corrected chi connectivity index (χ3v) is 6.55. The first-order valence-corrected chi connectivity index (χ1v) is 10.6. The van der Waals surface area contributed by atoms with Crippen LogP contribution < -0.4 is 10.2 Å². The summed E-state index contributed by atoms with van der Waals surface area (Å²) in [7, 11) is 0. The maximum Gasteiger partial charge on any atom is 0.308 e. The fourth-order valence-electron chi connectivity index (χ4n) is 3.83. The molecular formula is C24H19BrO6. The monoisotopic (exact) mass is 482 g/mol. The summed E-state index contributed by atoms with van der Waals surface area (Å²) in [6.07, 6.45) is 0.627. The Kier molecular flexibility index (Phi) is 4.97. The van der Waals surface area contributed by atoms with Gasteiger partial charge in [0.15, 0.2) is 11.2 Å². The first kappa shape index (κ1) is 21.2. The number of fused-ring (bicyclic) bond motifs is 4. The molecule has 1 aliphatic carbocycles. The number of ether oxygens (including phenoxy) is 1. The molecule has 0 N–H and O–H groups in total. The Bertz CT molecular complexity index is 1360. The van der Waals surface area contributed by atoms with Gasteiger partial charge in [0, 0.05) is 24.1 Å². The zero-order valence-corrected chi connectivity index (χ0v) is 19.0. The molecule has 7 heteroatoms. The van der Waals surface area contributed by atoms with E-state index in [0.717, 1.165) is 0 Å². The van der Waals surface area contributed by atoms with Gasteiger partial charge in [-0.3, -0.25) is 19.2 Å². The molecule has 0 radical (unpaired) electrons. The van der Waals surface area contributed by atoms with Crippen molar-refractivity contribution in [3.8, 4) is 5.75 Å². The predicted molar refractivity (Wildman–Crippen MR) is 118 cm³/mol. The second-order valence-corrected chi connectivity index (χ2v) is 9.53. The summed E-state index contributed by atoms with van der Waals surface area (Å²) < 4.78 is 10.7. The van der Waals surface area contributed by atoms with Gasteiger partial charge in [0.2, 0.25) is 5.78 Å². The summed E-state index contributed by atoms with van der Waals surface area (Å²) in [6, 6.07) is 7.48. The van der Waals surface area contributed by atoms with Gasteiger partial charge in [-0.1, -0.05) is 35.0 Å². The van der Waals surface area contributed by atoms with Crippen molar-refractivity contribution in [1.29, 1.82) is 0 Å². The molecule has 1 unspecified atom stereocenters. The van der Waals surface area contributed by atoms with Crippen molar-refractivity contribution in [2.45, 2.75) is 38.4 Å². The summed E-state index contributed by atoms with van der Waals surface area (Å²) in [5.74, 6) is -1.17. The van der Waals surface area contributed by atoms with E-state index in [2.05, 4.69) is 15.9 Å². The maximum absolute atomic E-state index is 13.6. The molecule has 3 aromatic rings. The Morgan fingerprint density at radius 1 is 1.10 bits per heavy atom. The van der Waals surface area contributed by atoms with E-state index >= 15 is 0 Å². The van der Waals surface area contributed by atoms with E-state index in [0.29, 0.717) is 17.7 Å². The molecule has 158 valence electrons. The highest BCUT2D eigenvalue weighted by Crippen LogP contribution is 2.40. The lowest BCUT2D eigenvalue weighted by atomic mass is 9.81. The Morgan fingerprint density at radius 2 is 1.81 bits per heavy atom. The van der Waals surface area contributed by atoms with Crippen LogP contribution in [0, 0.1) is 6.92 Å². The van der Waals surface area contributed by atoms with Gasteiger partial charge in [-0.05, 0) is 38.0 Å². The van der Waals surface area contributed by atoms with Crippen LogP contribution in [0.15, 0.2) is 39.5 Å². The highest BCUT2D eigenvalue weighted by Gasteiger charge is 2.37. The fourth-order valence-corrected chi connectivity index (χ4v) is 4.02. The molecule has 2 aromatic carbocycles.